The van der Waals surface area contributed by atoms with Gasteiger partial charge in [-0.1, -0.05) is 54.1 Å². The number of carboxylic acids is 2. The lowest BCUT2D eigenvalue weighted by atomic mass is 10.1. The van der Waals surface area contributed by atoms with Crippen molar-refractivity contribution in [2.45, 2.75) is 18.8 Å². The van der Waals surface area contributed by atoms with E-state index in [2.05, 4.69) is 20.9 Å². The average molecular weight is 645 g/mol. The molecule has 4 rings (SSSR count). The fraction of sp³-hybridized carbons (Fsp3) is 0.133. The number of benzene rings is 3. The molecule has 3 aromatic carbocycles. The molecule has 45 heavy (non-hydrogen) atoms. The van der Waals surface area contributed by atoms with Gasteiger partial charge in [-0.25, -0.2) is 9.59 Å². The molecule has 234 valence electrons. The quantitative estimate of drug-likeness (QED) is 0.181. The highest BCUT2D eigenvalue weighted by Crippen LogP contribution is 2.19. The van der Waals surface area contributed by atoms with Crippen LogP contribution in [0.2, 0.25) is 5.02 Å². The zero-order valence-electron chi connectivity index (χ0n) is 23.0. The summed E-state index contributed by atoms with van der Waals surface area (Å²) in [6.07, 6.45) is -3.58. The smallest absolute Gasteiger partial charge is 0.480 e. The van der Waals surface area contributed by atoms with E-state index in [0.29, 0.717) is 16.7 Å². The Bertz CT molecular complexity index is 1720. The number of nitrogens with one attached hydrogen (secondary N) is 3. The minimum atomic E-state index is -5.08. The number of carbonyl (C=O) groups is 5. The van der Waals surface area contributed by atoms with Crippen molar-refractivity contribution in [3.8, 4) is 0 Å². The Hall–Kier alpha value is -5.50. The lowest BCUT2D eigenvalue weighted by Crippen LogP contribution is -2.48. The van der Waals surface area contributed by atoms with E-state index in [1.807, 2.05) is 24.3 Å². The van der Waals surface area contributed by atoms with Crippen molar-refractivity contribution in [3.05, 3.63) is 112 Å². The highest BCUT2D eigenvalue weighted by molar-refractivity contribution is 6.34. The van der Waals surface area contributed by atoms with Crippen LogP contribution in [-0.4, -0.2) is 63.6 Å². The molecule has 5 N–H and O–H groups in total. The average Bonchev–Trinajstić information content (AvgIpc) is 3.01. The molecule has 0 radical (unpaired) electrons. The Morgan fingerprint density at radius 3 is 2.04 bits per heavy atom. The van der Waals surface area contributed by atoms with Crippen molar-refractivity contribution < 1.29 is 47.4 Å². The van der Waals surface area contributed by atoms with Crippen molar-refractivity contribution >= 4 is 52.2 Å². The topological polar surface area (TPSA) is 175 Å². The van der Waals surface area contributed by atoms with Gasteiger partial charge in [0.15, 0.2) is 0 Å². The number of rotatable bonds is 9. The molecule has 0 bridgehead atoms. The molecule has 3 amide bonds. The minimum Gasteiger partial charge on any atom is -0.480 e. The van der Waals surface area contributed by atoms with Crippen molar-refractivity contribution in [3.63, 3.8) is 0 Å². The number of carbonyl (C=O) groups excluding carboxylic acids is 3. The van der Waals surface area contributed by atoms with Crippen LogP contribution in [0.15, 0.2) is 85.1 Å². The second-order valence-corrected chi connectivity index (χ2v) is 9.56. The Labute approximate surface area is 258 Å². The van der Waals surface area contributed by atoms with Crippen LogP contribution in [0.4, 0.5) is 13.2 Å². The molecule has 1 aromatic heterocycles. The fourth-order valence-corrected chi connectivity index (χ4v) is 3.94. The van der Waals surface area contributed by atoms with Gasteiger partial charge in [-0.2, -0.15) is 13.2 Å². The van der Waals surface area contributed by atoms with Crippen LogP contribution in [-0.2, 0) is 16.1 Å². The van der Waals surface area contributed by atoms with Crippen molar-refractivity contribution in [2.24, 2.45) is 0 Å². The number of aliphatic carboxylic acids is 2. The van der Waals surface area contributed by atoms with Gasteiger partial charge in [0.05, 0.1) is 21.7 Å². The number of aromatic nitrogens is 1. The van der Waals surface area contributed by atoms with Crippen molar-refractivity contribution in [1.29, 1.82) is 0 Å². The molecule has 4 aromatic rings. The zero-order chi connectivity index (χ0) is 33.1. The largest absolute Gasteiger partial charge is 0.490 e. The van der Waals surface area contributed by atoms with Gasteiger partial charge in [0.2, 0.25) is 0 Å². The van der Waals surface area contributed by atoms with Gasteiger partial charge < -0.3 is 26.2 Å². The number of fused-ring (bicyclic) bond motifs is 1. The summed E-state index contributed by atoms with van der Waals surface area (Å²) in [5.74, 6) is -5.56. The lowest BCUT2D eigenvalue weighted by Gasteiger charge is -2.16. The zero-order valence-corrected chi connectivity index (χ0v) is 23.7. The lowest BCUT2D eigenvalue weighted by molar-refractivity contribution is -0.192. The third-order valence-corrected chi connectivity index (χ3v) is 6.25. The number of nitrogens with zero attached hydrogens (tertiary/aromatic N) is 1. The standard InChI is InChI=1S/C28H23ClN4O5.C2HF3O2/c29-22-12-17(14-31-26(35)20-13-19-8-4-5-9-23(19)30-15-20)10-11-21(22)27(36)33-24(28(37)38)16-32-25(34)18-6-2-1-3-7-18;3-2(4,5)1(6)7/h1-13,15,24H,14,16H2,(H,31,35)(H,32,34)(H,33,36)(H,37,38);(H,6,7)/t24-;/m0./s1. The SMILES string of the molecule is O=C(NCc1ccc(C(=O)N[C@@H](CNC(=O)c2ccccc2)C(=O)O)c(Cl)c1)c1cnc2ccccc2c1.O=C(O)C(F)(F)F. The van der Waals surface area contributed by atoms with Crippen LogP contribution in [0.25, 0.3) is 10.9 Å². The van der Waals surface area contributed by atoms with E-state index < -0.39 is 36.0 Å². The van der Waals surface area contributed by atoms with Gasteiger partial charge in [-0.05, 0) is 42.0 Å². The predicted molar refractivity (Wildman–Crippen MR) is 156 cm³/mol. The van der Waals surface area contributed by atoms with Gasteiger partial charge in [0.1, 0.15) is 6.04 Å². The van der Waals surface area contributed by atoms with E-state index in [9.17, 15) is 37.5 Å². The van der Waals surface area contributed by atoms with E-state index in [0.717, 1.165) is 10.9 Å². The Kier molecular flexibility index (Phi) is 11.6. The number of hydrogen-bond acceptors (Lipinski definition) is 6. The van der Waals surface area contributed by atoms with Crippen LogP contribution in [0.1, 0.15) is 36.6 Å². The molecule has 15 heteroatoms. The van der Waals surface area contributed by atoms with Crippen LogP contribution >= 0.6 is 11.6 Å². The number of alkyl halides is 3. The molecule has 0 saturated heterocycles. The number of hydrogen-bond donors (Lipinski definition) is 5. The first-order valence-electron chi connectivity index (χ1n) is 12.8. The molecule has 1 heterocycles. The molecule has 0 fully saturated rings. The van der Waals surface area contributed by atoms with Crippen LogP contribution in [0.3, 0.4) is 0 Å². The van der Waals surface area contributed by atoms with Gasteiger partial charge in [-0.3, -0.25) is 19.4 Å². The molecular weight excluding hydrogens is 621 g/mol. The molecule has 0 saturated carbocycles. The summed E-state index contributed by atoms with van der Waals surface area (Å²) in [6, 6.07) is 20.7. The fourth-order valence-electron chi connectivity index (χ4n) is 3.65. The second kappa shape index (κ2) is 15.3. The first-order valence-corrected chi connectivity index (χ1v) is 13.2. The monoisotopic (exact) mass is 644 g/mol. The Balaban J connectivity index is 0.000000707. The van der Waals surface area contributed by atoms with E-state index in [-0.39, 0.29) is 29.6 Å². The first kappa shape index (κ1) is 34.0. The Morgan fingerprint density at radius 2 is 1.42 bits per heavy atom. The highest BCUT2D eigenvalue weighted by atomic mass is 35.5. The number of para-hydroxylation sites is 1. The van der Waals surface area contributed by atoms with Crippen LogP contribution in [0, 0.1) is 0 Å². The number of carboxylic acid groups (broad SMARTS) is 2. The molecule has 0 aliphatic carbocycles. The molecule has 0 aliphatic heterocycles. The van der Waals surface area contributed by atoms with Gasteiger partial charge in [-0.15, -0.1) is 0 Å². The first-order chi connectivity index (χ1) is 21.3. The van der Waals surface area contributed by atoms with Gasteiger partial charge in [0, 0.05) is 30.2 Å². The van der Waals surface area contributed by atoms with Gasteiger partial charge in [0.25, 0.3) is 17.7 Å². The summed E-state index contributed by atoms with van der Waals surface area (Å²) in [6.45, 7) is -0.170. The molecule has 11 nitrogen and oxygen atoms in total. The van der Waals surface area contributed by atoms with E-state index in [1.54, 1.807) is 42.5 Å². The minimum absolute atomic E-state index is 0.0566. The predicted octanol–water partition coefficient (Wildman–Crippen LogP) is 4.06. The molecule has 1 atom stereocenters. The summed E-state index contributed by atoms with van der Waals surface area (Å²) in [4.78, 5) is 62.3. The summed E-state index contributed by atoms with van der Waals surface area (Å²) in [7, 11) is 0. The van der Waals surface area contributed by atoms with Crippen LogP contribution in [0.5, 0.6) is 0 Å². The summed E-state index contributed by atoms with van der Waals surface area (Å²) >= 11 is 6.29. The van der Waals surface area contributed by atoms with Crippen LogP contribution < -0.4 is 16.0 Å². The second-order valence-electron chi connectivity index (χ2n) is 9.16. The molecule has 0 unspecified atom stereocenters. The van der Waals surface area contributed by atoms with Gasteiger partial charge >= 0.3 is 18.1 Å². The third-order valence-electron chi connectivity index (χ3n) is 5.93. The van der Waals surface area contributed by atoms with Crippen molar-refractivity contribution in [1.82, 2.24) is 20.9 Å². The maximum Gasteiger partial charge on any atom is 0.490 e. The molecular formula is C30H24ClF3N4O7. The number of halogens is 4. The van der Waals surface area contributed by atoms with Crippen molar-refractivity contribution in [2.75, 3.05) is 6.54 Å². The maximum absolute atomic E-state index is 12.7. The Morgan fingerprint density at radius 1 is 0.800 bits per heavy atom. The summed E-state index contributed by atoms with van der Waals surface area (Å²) < 4.78 is 31.7. The summed E-state index contributed by atoms with van der Waals surface area (Å²) in [5, 5.41) is 25.2. The number of amides is 3. The van der Waals surface area contributed by atoms with E-state index >= 15 is 0 Å². The summed E-state index contributed by atoms with van der Waals surface area (Å²) in [5.41, 5.74) is 2.25. The number of pyridine rings is 1. The van der Waals surface area contributed by atoms with E-state index in [1.165, 1.54) is 18.3 Å². The molecule has 0 spiro atoms. The normalized spacial score (nSPS) is 11.4. The molecule has 0 aliphatic rings. The maximum atomic E-state index is 12.7. The van der Waals surface area contributed by atoms with E-state index in [4.69, 9.17) is 21.5 Å². The highest BCUT2D eigenvalue weighted by Gasteiger charge is 2.38. The third kappa shape index (κ3) is 10.0.